The lowest BCUT2D eigenvalue weighted by molar-refractivity contribution is -0.140. The van der Waals surface area contributed by atoms with Gasteiger partial charge in [0.05, 0.1) is 13.5 Å². The van der Waals surface area contributed by atoms with Crippen LogP contribution in [0.25, 0.3) is 0 Å². The molecule has 0 bridgehead atoms. The van der Waals surface area contributed by atoms with Crippen LogP contribution in [0.1, 0.15) is 6.42 Å². The Hall–Kier alpha value is -1.84. The number of methoxy groups -OCH3 is 1. The summed E-state index contributed by atoms with van der Waals surface area (Å²) in [4.78, 5) is 21.5. The minimum absolute atomic E-state index is 0.0572. The zero-order valence-electron chi connectivity index (χ0n) is 10.9. The van der Waals surface area contributed by atoms with Crippen molar-refractivity contribution < 1.29 is 27.9 Å². The number of nitrogens with one attached hydrogen (secondary N) is 1. The summed E-state index contributed by atoms with van der Waals surface area (Å²) >= 11 is 5.72. The smallest absolute Gasteiger partial charge is 0.322 e. The third-order valence-electron chi connectivity index (χ3n) is 2.42. The molecule has 1 aromatic carbocycles. The van der Waals surface area contributed by atoms with Crippen molar-refractivity contribution in [3.05, 3.63) is 23.2 Å². The van der Waals surface area contributed by atoms with Crippen LogP contribution in [-0.2, 0) is 19.6 Å². The van der Waals surface area contributed by atoms with Crippen molar-refractivity contribution in [3.63, 3.8) is 0 Å². The van der Waals surface area contributed by atoms with Gasteiger partial charge in [0.2, 0.25) is 15.9 Å². The van der Waals surface area contributed by atoms with E-state index in [1.165, 1.54) is 19.2 Å². The van der Waals surface area contributed by atoms with Gasteiger partial charge >= 0.3 is 5.97 Å². The standard InChI is InChI=1S/C11H13ClN2O6S/c1-20-8-4-6(12)2-3-9(8)21(18,19)14-7(11(16)17)5-10(13)15/h2-4,7,14H,5H2,1H3,(H2,13,15)(H,16,17)/t7-/m1/s1. The number of halogens is 1. The lowest BCUT2D eigenvalue weighted by atomic mass is 10.2. The second kappa shape index (κ2) is 6.74. The Morgan fingerprint density at radius 3 is 2.57 bits per heavy atom. The van der Waals surface area contributed by atoms with Gasteiger partial charge in [-0.25, -0.2) is 8.42 Å². The SMILES string of the molecule is COc1cc(Cl)ccc1S(=O)(=O)N[C@H](CC(N)=O)C(=O)O. The fraction of sp³-hybridized carbons (Fsp3) is 0.273. The second-order valence-corrected chi connectivity index (χ2v) is 6.10. The number of nitrogens with two attached hydrogens (primary N) is 1. The maximum absolute atomic E-state index is 12.2. The molecule has 4 N–H and O–H groups in total. The van der Waals surface area contributed by atoms with Crippen LogP contribution in [0.4, 0.5) is 0 Å². The van der Waals surface area contributed by atoms with Crippen molar-refractivity contribution in [1.82, 2.24) is 4.72 Å². The van der Waals surface area contributed by atoms with Gasteiger partial charge in [0.25, 0.3) is 0 Å². The first kappa shape index (κ1) is 17.2. The number of sulfonamides is 1. The van der Waals surface area contributed by atoms with Crippen LogP contribution in [0.3, 0.4) is 0 Å². The van der Waals surface area contributed by atoms with Crippen molar-refractivity contribution in [1.29, 1.82) is 0 Å². The van der Waals surface area contributed by atoms with Crippen LogP contribution in [-0.4, -0.2) is 38.6 Å². The van der Waals surface area contributed by atoms with Crippen molar-refractivity contribution in [2.45, 2.75) is 17.4 Å². The van der Waals surface area contributed by atoms with E-state index in [4.69, 9.17) is 27.2 Å². The normalized spacial score (nSPS) is 12.7. The highest BCUT2D eigenvalue weighted by molar-refractivity contribution is 7.89. The predicted molar refractivity (Wildman–Crippen MR) is 73.6 cm³/mol. The van der Waals surface area contributed by atoms with Gasteiger partial charge in [-0.1, -0.05) is 11.6 Å². The van der Waals surface area contributed by atoms with E-state index in [0.29, 0.717) is 0 Å². The highest BCUT2D eigenvalue weighted by atomic mass is 35.5. The highest BCUT2D eigenvalue weighted by Crippen LogP contribution is 2.27. The van der Waals surface area contributed by atoms with Gasteiger partial charge in [-0.3, -0.25) is 9.59 Å². The maximum atomic E-state index is 12.2. The molecule has 0 aliphatic heterocycles. The molecule has 21 heavy (non-hydrogen) atoms. The molecule has 1 aromatic rings. The average molecular weight is 337 g/mol. The summed E-state index contributed by atoms with van der Waals surface area (Å²) in [5, 5.41) is 9.16. The molecular formula is C11H13ClN2O6S. The van der Waals surface area contributed by atoms with Gasteiger partial charge in [0.1, 0.15) is 16.7 Å². The first-order chi connectivity index (χ1) is 9.67. The fourth-order valence-corrected chi connectivity index (χ4v) is 3.00. The molecule has 10 heteroatoms. The van der Waals surface area contributed by atoms with Crippen LogP contribution in [0.5, 0.6) is 5.75 Å². The lowest BCUT2D eigenvalue weighted by Crippen LogP contribution is -2.43. The summed E-state index contributed by atoms with van der Waals surface area (Å²) in [5.74, 6) is -2.53. The van der Waals surface area contributed by atoms with Gasteiger partial charge in [0.15, 0.2) is 0 Å². The van der Waals surface area contributed by atoms with E-state index in [-0.39, 0.29) is 15.7 Å². The Balaban J connectivity index is 3.16. The summed E-state index contributed by atoms with van der Waals surface area (Å²) in [5.41, 5.74) is 4.89. The molecule has 0 aromatic heterocycles. The number of primary amides is 1. The van der Waals surface area contributed by atoms with Crippen molar-refractivity contribution in [2.24, 2.45) is 5.73 Å². The van der Waals surface area contributed by atoms with Gasteiger partial charge < -0.3 is 15.6 Å². The molecule has 0 saturated carbocycles. The summed E-state index contributed by atoms with van der Waals surface area (Å²) in [6.45, 7) is 0. The number of hydrogen-bond acceptors (Lipinski definition) is 5. The molecule has 0 radical (unpaired) electrons. The Morgan fingerprint density at radius 2 is 2.10 bits per heavy atom. The monoisotopic (exact) mass is 336 g/mol. The minimum Gasteiger partial charge on any atom is -0.495 e. The fourth-order valence-electron chi connectivity index (χ4n) is 1.49. The van der Waals surface area contributed by atoms with E-state index in [2.05, 4.69) is 0 Å². The number of carboxylic acids is 1. The number of benzene rings is 1. The number of rotatable bonds is 7. The van der Waals surface area contributed by atoms with Crippen molar-refractivity contribution in [3.8, 4) is 5.75 Å². The van der Waals surface area contributed by atoms with Crippen LogP contribution in [0.15, 0.2) is 23.1 Å². The minimum atomic E-state index is -4.23. The number of aliphatic carboxylic acids is 1. The van der Waals surface area contributed by atoms with Crippen molar-refractivity contribution in [2.75, 3.05) is 7.11 Å². The molecule has 0 fully saturated rings. The molecule has 0 unspecified atom stereocenters. The van der Waals surface area contributed by atoms with Gasteiger partial charge in [-0.2, -0.15) is 4.72 Å². The molecule has 0 aliphatic rings. The van der Waals surface area contributed by atoms with Crippen LogP contribution in [0.2, 0.25) is 5.02 Å². The van der Waals surface area contributed by atoms with Gasteiger partial charge in [-0.05, 0) is 12.1 Å². The first-order valence-corrected chi connectivity index (χ1v) is 7.40. The molecular weight excluding hydrogens is 324 g/mol. The molecule has 1 amide bonds. The maximum Gasteiger partial charge on any atom is 0.322 e. The molecule has 0 spiro atoms. The van der Waals surface area contributed by atoms with Gasteiger partial charge in [0, 0.05) is 11.1 Å². The number of carbonyl (C=O) groups is 2. The van der Waals surface area contributed by atoms with E-state index < -0.39 is 34.4 Å². The second-order valence-electron chi connectivity index (χ2n) is 3.98. The number of hydrogen-bond donors (Lipinski definition) is 3. The topological polar surface area (TPSA) is 136 Å². The van der Waals surface area contributed by atoms with Crippen LogP contribution >= 0.6 is 11.6 Å². The number of carbonyl (C=O) groups excluding carboxylic acids is 1. The molecule has 0 aliphatic carbocycles. The Labute approximate surface area is 125 Å². The lowest BCUT2D eigenvalue weighted by Gasteiger charge is -2.15. The summed E-state index contributed by atoms with van der Waals surface area (Å²) < 4.78 is 31.1. The molecule has 8 nitrogen and oxygen atoms in total. The quantitative estimate of drug-likeness (QED) is 0.639. The average Bonchev–Trinajstić information content (AvgIpc) is 2.36. The number of amides is 1. The van der Waals surface area contributed by atoms with E-state index in [1.54, 1.807) is 0 Å². The highest BCUT2D eigenvalue weighted by Gasteiger charge is 2.28. The van der Waals surface area contributed by atoms with E-state index in [0.717, 1.165) is 6.07 Å². The third-order valence-corrected chi connectivity index (χ3v) is 4.16. The molecule has 0 heterocycles. The Morgan fingerprint density at radius 1 is 1.48 bits per heavy atom. The molecule has 1 rings (SSSR count). The summed E-state index contributed by atoms with van der Waals surface area (Å²) in [6.07, 6.45) is -0.676. The third kappa shape index (κ3) is 4.59. The number of carboxylic acid groups (broad SMARTS) is 1. The zero-order valence-corrected chi connectivity index (χ0v) is 12.4. The predicted octanol–water partition coefficient (Wildman–Crippen LogP) is -0.0445. The Kier molecular flexibility index (Phi) is 5.53. The number of ether oxygens (including phenoxy) is 1. The van der Waals surface area contributed by atoms with Crippen LogP contribution in [0, 0.1) is 0 Å². The van der Waals surface area contributed by atoms with Gasteiger partial charge in [-0.15, -0.1) is 0 Å². The Bertz CT molecular complexity index is 661. The molecule has 1 atom stereocenters. The van der Waals surface area contributed by atoms with E-state index in [1.807, 2.05) is 4.72 Å². The summed E-state index contributed by atoms with van der Waals surface area (Å²) in [7, 11) is -2.99. The summed E-state index contributed by atoms with van der Waals surface area (Å²) in [6, 6.07) is 2.06. The zero-order chi connectivity index (χ0) is 16.2. The molecule has 116 valence electrons. The van der Waals surface area contributed by atoms with E-state index >= 15 is 0 Å². The molecule has 0 saturated heterocycles. The van der Waals surface area contributed by atoms with Crippen LogP contribution < -0.4 is 15.2 Å². The first-order valence-electron chi connectivity index (χ1n) is 5.54. The van der Waals surface area contributed by atoms with Crippen molar-refractivity contribution >= 4 is 33.5 Å². The van der Waals surface area contributed by atoms with E-state index in [9.17, 15) is 18.0 Å². The largest absolute Gasteiger partial charge is 0.495 e.